The minimum Gasteiger partial charge on any atom is -0.465 e. The predicted molar refractivity (Wildman–Crippen MR) is 97.5 cm³/mol. The highest BCUT2D eigenvalue weighted by atomic mass is 32.1. The van der Waals surface area contributed by atoms with E-state index in [1.54, 1.807) is 6.92 Å². The number of esters is 2. The molecule has 2 aromatic rings. The normalized spacial score (nSPS) is 20.1. The van der Waals surface area contributed by atoms with Gasteiger partial charge >= 0.3 is 11.9 Å². The van der Waals surface area contributed by atoms with Crippen molar-refractivity contribution in [1.82, 2.24) is 9.55 Å². The van der Waals surface area contributed by atoms with Crippen LogP contribution in [0.5, 0.6) is 0 Å². The summed E-state index contributed by atoms with van der Waals surface area (Å²) in [6.07, 6.45) is 5.20. The molecule has 0 N–H and O–H groups in total. The zero-order valence-corrected chi connectivity index (χ0v) is 15.9. The lowest BCUT2D eigenvalue weighted by molar-refractivity contribution is -0.152. The molecule has 2 atom stereocenters. The van der Waals surface area contributed by atoms with E-state index in [1.165, 1.54) is 18.0 Å². The molecule has 1 aliphatic rings. The van der Waals surface area contributed by atoms with Gasteiger partial charge in [-0.3, -0.25) is 14.2 Å². The van der Waals surface area contributed by atoms with Crippen LogP contribution in [0.1, 0.15) is 47.8 Å². The Morgan fingerprint density at radius 3 is 2.85 bits per heavy atom. The molecule has 0 spiro atoms. The van der Waals surface area contributed by atoms with Gasteiger partial charge in [0.1, 0.15) is 22.4 Å². The largest absolute Gasteiger partial charge is 0.465 e. The number of aromatic nitrogens is 2. The predicted octanol–water partition coefficient (Wildman–Crippen LogP) is 2.67. The highest BCUT2D eigenvalue weighted by molar-refractivity contribution is 7.20. The van der Waals surface area contributed by atoms with E-state index in [4.69, 9.17) is 9.47 Å². The molecular formula is C18H22N2O5S. The zero-order chi connectivity index (χ0) is 18.8. The number of ether oxygens (including phenoxy) is 2. The number of methoxy groups -OCH3 is 1. The number of fused-ring (bicyclic) bond motifs is 1. The van der Waals surface area contributed by atoms with Gasteiger partial charge in [0.25, 0.3) is 5.56 Å². The number of hydrogen-bond acceptors (Lipinski definition) is 7. The number of hydrogen-bond donors (Lipinski definition) is 0. The molecule has 0 radical (unpaired) electrons. The molecule has 0 aromatic carbocycles. The van der Waals surface area contributed by atoms with Gasteiger partial charge in [-0.05, 0) is 37.7 Å². The molecule has 1 saturated carbocycles. The SMILES string of the molecule is COC(=O)c1sc2ncn(CC(=O)O[C@H]3CCC[C@@H](C)C3)c(=O)c2c1C. The minimum absolute atomic E-state index is 0.0764. The van der Waals surface area contributed by atoms with Gasteiger partial charge in [0.15, 0.2) is 0 Å². The summed E-state index contributed by atoms with van der Waals surface area (Å²) in [5.74, 6) is -0.386. The first-order valence-corrected chi connectivity index (χ1v) is 9.48. The molecule has 26 heavy (non-hydrogen) atoms. The first-order valence-electron chi connectivity index (χ1n) is 8.67. The Hall–Kier alpha value is -2.22. The number of rotatable bonds is 4. The van der Waals surface area contributed by atoms with E-state index in [2.05, 4.69) is 11.9 Å². The minimum atomic E-state index is -0.498. The summed E-state index contributed by atoms with van der Waals surface area (Å²) in [5.41, 5.74) is 0.172. The Balaban J connectivity index is 1.81. The second kappa shape index (κ2) is 7.57. The molecule has 0 bridgehead atoms. The standard InChI is InChI=1S/C18H22N2O5S/c1-10-5-4-6-12(7-10)25-13(21)8-20-9-19-16-14(17(20)22)11(2)15(26-16)18(23)24-3/h9-10,12H,4-8H2,1-3H3/t10-,12+/m1/s1. The topological polar surface area (TPSA) is 87.5 Å². The van der Waals surface area contributed by atoms with Crippen LogP contribution in [-0.2, 0) is 20.8 Å². The Kier molecular flexibility index (Phi) is 5.41. The molecule has 3 rings (SSSR count). The van der Waals surface area contributed by atoms with Crippen LogP contribution in [-0.4, -0.2) is 34.7 Å². The summed E-state index contributed by atoms with van der Waals surface area (Å²) in [5, 5.41) is 0.344. The van der Waals surface area contributed by atoms with Gasteiger partial charge in [-0.2, -0.15) is 0 Å². The number of nitrogens with zero attached hydrogens (tertiary/aromatic N) is 2. The van der Waals surface area contributed by atoms with Crippen molar-refractivity contribution in [1.29, 1.82) is 0 Å². The zero-order valence-electron chi connectivity index (χ0n) is 15.1. The molecular weight excluding hydrogens is 356 g/mol. The second-order valence-electron chi connectivity index (χ2n) is 6.79. The molecule has 8 heteroatoms. The van der Waals surface area contributed by atoms with Crippen molar-refractivity contribution < 1.29 is 19.1 Å². The monoisotopic (exact) mass is 378 g/mol. The van der Waals surface area contributed by atoms with E-state index in [-0.39, 0.29) is 18.2 Å². The summed E-state index contributed by atoms with van der Waals surface area (Å²) in [7, 11) is 1.29. The van der Waals surface area contributed by atoms with Crippen molar-refractivity contribution in [2.75, 3.05) is 7.11 Å². The van der Waals surface area contributed by atoms with Crippen LogP contribution < -0.4 is 5.56 Å². The van der Waals surface area contributed by atoms with Crippen molar-refractivity contribution in [3.05, 3.63) is 27.1 Å². The van der Waals surface area contributed by atoms with Crippen molar-refractivity contribution >= 4 is 33.5 Å². The van der Waals surface area contributed by atoms with E-state index >= 15 is 0 Å². The maximum Gasteiger partial charge on any atom is 0.348 e. The highest BCUT2D eigenvalue weighted by Gasteiger charge is 2.24. The third-order valence-electron chi connectivity index (χ3n) is 4.77. The fourth-order valence-electron chi connectivity index (χ4n) is 3.41. The number of carbonyl (C=O) groups is 2. The molecule has 2 aromatic heterocycles. The maximum atomic E-state index is 12.7. The van der Waals surface area contributed by atoms with Gasteiger partial charge in [-0.15, -0.1) is 11.3 Å². The van der Waals surface area contributed by atoms with Gasteiger partial charge in [0, 0.05) is 0 Å². The molecule has 1 fully saturated rings. The Morgan fingerprint density at radius 2 is 2.15 bits per heavy atom. The van der Waals surface area contributed by atoms with Crippen molar-refractivity contribution in [2.45, 2.75) is 52.2 Å². The van der Waals surface area contributed by atoms with E-state index < -0.39 is 11.9 Å². The lowest BCUT2D eigenvalue weighted by Gasteiger charge is -2.26. The van der Waals surface area contributed by atoms with Crippen molar-refractivity contribution in [3.63, 3.8) is 0 Å². The Labute approximate surface area is 154 Å². The fourth-order valence-corrected chi connectivity index (χ4v) is 4.46. The second-order valence-corrected chi connectivity index (χ2v) is 7.79. The summed E-state index contributed by atoms with van der Waals surface area (Å²) in [6.45, 7) is 3.65. The van der Waals surface area contributed by atoms with Gasteiger partial charge in [0.05, 0.1) is 18.8 Å². The van der Waals surface area contributed by atoms with Gasteiger partial charge in [-0.25, -0.2) is 9.78 Å². The Morgan fingerprint density at radius 1 is 1.38 bits per heavy atom. The van der Waals surface area contributed by atoms with Gasteiger partial charge in [0.2, 0.25) is 0 Å². The third kappa shape index (κ3) is 3.65. The number of aryl methyl sites for hydroxylation is 1. The molecule has 7 nitrogen and oxygen atoms in total. The fraction of sp³-hybridized carbons (Fsp3) is 0.556. The van der Waals surface area contributed by atoms with E-state index in [0.717, 1.165) is 37.0 Å². The third-order valence-corrected chi connectivity index (χ3v) is 5.95. The lowest BCUT2D eigenvalue weighted by Crippen LogP contribution is -2.30. The molecule has 0 saturated heterocycles. The summed E-state index contributed by atoms with van der Waals surface area (Å²) < 4.78 is 11.5. The first-order chi connectivity index (χ1) is 12.4. The number of carbonyl (C=O) groups excluding carboxylic acids is 2. The molecule has 0 aliphatic heterocycles. The van der Waals surface area contributed by atoms with Crippen LogP contribution >= 0.6 is 11.3 Å². The molecule has 1 aliphatic carbocycles. The van der Waals surface area contributed by atoms with E-state index in [9.17, 15) is 14.4 Å². The highest BCUT2D eigenvalue weighted by Crippen LogP contribution is 2.28. The Bertz CT molecular complexity index is 901. The van der Waals surface area contributed by atoms with Crippen molar-refractivity contribution in [2.24, 2.45) is 5.92 Å². The average Bonchev–Trinajstić information content (AvgIpc) is 2.94. The van der Waals surface area contributed by atoms with Crippen LogP contribution in [0.4, 0.5) is 0 Å². The van der Waals surface area contributed by atoms with Crippen LogP contribution in [0.3, 0.4) is 0 Å². The quantitative estimate of drug-likeness (QED) is 0.760. The van der Waals surface area contributed by atoms with Crippen LogP contribution in [0.15, 0.2) is 11.1 Å². The molecule has 0 unspecified atom stereocenters. The van der Waals surface area contributed by atoms with Crippen LogP contribution in [0, 0.1) is 12.8 Å². The molecule has 140 valence electrons. The van der Waals surface area contributed by atoms with Crippen LogP contribution in [0.25, 0.3) is 10.2 Å². The molecule has 0 amide bonds. The summed E-state index contributed by atoms with van der Waals surface area (Å²) >= 11 is 1.11. The first kappa shape index (κ1) is 18.6. The lowest BCUT2D eigenvalue weighted by atomic mass is 9.89. The van der Waals surface area contributed by atoms with Crippen LogP contribution in [0.2, 0.25) is 0 Å². The maximum absolute atomic E-state index is 12.7. The van der Waals surface area contributed by atoms with Crippen molar-refractivity contribution in [3.8, 4) is 0 Å². The molecule has 2 heterocycles. The van der Waals surface area contributed by atoms with Gasteiger partial charge in [-0.1, -0.05) is 13.3 Å². The smallest absolute Gasteiger partial charge is 0.348 e. The average molecular weight is 378 g/mol. The van der Waals surface area contributed by atoms with E-state index in [1.807, 2.05) is 0 Å². The summed E-state index contributed by atoms with van der Waals surface area (Å²) in [6, 6.07) is 0. The van der Waals surface area contributed by atoms with Gasteiger partial charge < -0.3 is 9.47 Å². The summed E-state index contributed by atoms with van der Waals surface area (Å²) in [4.78, 5) is 41.8. The number of thiophene rings is 1. The van der Waals surface area contributed by atoms with E-state index in [0.29, 0.717) is 26.6 Å².